The third-order valence-electron chi connectivity index (χ3n) is 2.38. The molecule has 0 spiro atoms. The minimum Gasteiger partial charge on any atom is -0.405 e. The number of benzene rings is 1. The Hall–Kier alpha value is -2.22. The number of rotatable bonds is 3. The van der Waals surface area contributed by atoms with Gasteiger partial charge in [0.25, 0.3) is 0 Å². The van der Waals surface area contributed by atoms with Crippen LogP contribution in [0.3, 0.4) is 0 Å². The molecule has 1 heterocycles. The van der Waals surface area contributed by atoms with Gasteiger partial charge in [0.05, 0.1) is 28.7 Å². The summed E-state index contributed by atoms with van der Waals surface area (Å²) in [6, 6.07) is 3.91. The van der Waals surface area contributed by atoms with Gasteiger partial charge >= 0.3 is 6.36 Å². The van der Waals surface area contributed by atoms with Crippen LogP contribution < -0.4 is 10.5 Å². The summed E-state index contributed by atoms with van der Waals surface area (Å²) in [7, 11) is 0. The number of nitrogens with two attached hydrogens (primary N) is 1. The second-order valence-electron chi connectivity index (χ2n) is 4.03. The normalized spacial score (nSPS) is 12.0. The van der Waals surface area contributed by atoms with E-state index in [2.05, 4.69) is 14.8 Å². The van der Waals surface area contributed by atoms with Crippen molar-refractivity contribution in [1.29, 1.82) is 0 Å². The van der Waals surface area contributed by atoms with Gasteiger partial charge in [0.15, 0.2) is 0 Å². The molecule has 0 aliphatic carbocycles. The first-order valence-electron chi connectivity index (χ1n) is 5.66. The van der Waals surface area contributed by atoms with Crippen LogP contribution in [0.4, 0.5) is 19.1 Å². The number of aryl methyl sites for hydroxylation is 1. The number of hydrogen-bond donors (Lipinski definition) is 1. The Kier molecular flexibility index (Phi) is 4.08. The van der Waals surface area contributed by atoms with Crippen LogP contribution in [0.2, 0.25) is 5.02 Å². The number of nitrogen functional groups attached to an aromatic ring is 1. The molecule has 0 bridgehead atoms. The van der Waals surface area contributed by atoms with E-state index in [1.54, 1.807) is 6.92 Å². The second kappa shape index (κ2) is 5.65. The average Bonchev–Trinajstić information content (AvgIpc) is 2.65. The van der Waals surface area contributed by atoms with E-state index in [1.165, 1.54) is 23.0 Å². The van der Waals surface area contributed by atoms with Gasteiger partial charge in [0.2, 0.25) is 5.95 Å². The van der Waals surface area contributed by atoms with Crippen LogP contribution in [0.15, 0.2) is 29.5 Å². The van der Waals surface area contributed by atoms with E-state index in [0.717, 1.165) is 12.3 Å². The van der Waals surface area contributed by atoms with Crippen molar-refractivity contribution in [2.24, 2.45) is 5.10 Å². The molecule has 0 aliphatic heterocycles. The Morgan fingerprint density at radius 1 is 1.43 bits per heavy atom. The van der Waals surface area contributed by atoms with Gasteiger partial charge in [0, 0.05) is 0 Å². The zero-order chi connectivity index (χ0) is 15.6. The summed E-state index contributed by atoms with van der Waals surface area (Å²) in [6.07, 6.45) is -2.17. The summed E-state index contributed by atoms with van der Waals surface area (Å²) in [5.74, 6) is -0.344. The van der Waals surface area contributed by atoms with Gasteiger partial charge in [-0.3, -0.25) is 0 Å². The number of nitrogens with zero attached hydrogens (tertiary/aromatic N) is 3. The Morgan fingerprint density at radius 2 is 2.14 bits per heavy atom. The maximum Gasteiger partial charge on any atom is 0.573 e. The van der Waals surface area contributed by atoms with E-state index in [4.69, 9.17) is 17.3 Å². The zero-order valence-electron chi connectivity index (χ0n) is 10.7. The van der Waals surface area contributed by atoms with Crippen molar-refractivity contribution in [3.05, 3.63) is 40.7 Å². The molecular weight excluding hydrogens is 309 g/mol. The molecule has 2 aromatic rings. The Bertz CT molecular complexity index is 682. The van der Waals surface area contributed by atoms with Gasteiger partial charge in [-0.1, -0.05) is 17.7 Å². The molecule has 0 saturated carbocycles. The van der Waals surface area contributed by atoms with Crippen molar-refractivity contribution >= 4 is 23.8 Å². The molecule has 0 atom stereocenters. The van der Waals surface area contributed by atoms with Crippen LogP contribution >= 0.6 is 11.6 Å². The Labute approximate surface area is 122 Å². The highest BCUT2D eigenvalue weighted by atomic mass is 35.5. The molecule has 1 aromatic carbocycles. The first-order valence-corrected chi connectivity index (χ1v) is 6.04. The summed E-state index contributed by atoms with van der Waals surface area (Å²) in [5.41, 5.74) is 6.19. The molecule has 0 fully saturated rings. The lowest BCUT2D eigenvalue weighted by atomic mass is 10.2. The minimum absolute atomic E-state index is 0.0118. The number of imidazole rings is 1. The number of ether oxygens (including phenoxy) is 1. The number of anilines is 1. The maximum absolute atomic E-state index is 12.3. The number of aromatic nitrogens is 2. The van der Waals surface area contributed by atoms with Crippen molar-refractivity contribution < 1.29 is 17.9 Å². The van der Waals surface area contributed by atoms with Crippen LogP contribution in [0.25, 0.3) is 0 Å². The van der Waals surface area contributed by atoms with Crippen molar-refractivity contribution in [1.82, 2.24) is 9.66 Å². The van der Waals surface area contributed by atoms with Gasteiger partial charge in [-0.15, -0.1) is 13.2 Å². The summed E-state index contributed by atoms with van der Waals surface area (Å²) in [6.45, 7) is 1.70. The van der Waals surface area contributed by atoms with Crippen molar-refractivity contribution in [3.8, 4) is 5.75 Å². The lowest BCUT2D eigenvalue weighted by Crippen LogP contribution is -2.18. The predicted octanol–water partition coefficient (Wildman–Crippen LogP) is 3.21. The molecule has 2 N–H and O–H groups in total. The smallest absolute Gasteiger partial charge is 0.405 e. The molecule has 0 aliphatic rings. The monoisotopic (exact) mass is 318 g/mol. The summed E-state index contributed by atoms with van der Waals surface area (Å²) in [4.78, 5) is 3.91. The van der Waals surface area contributed by atoms with Gasteiger partial charge < -0.3 is 10.5 Å². The fraction of sp³-hybridized carbons (Fsp3) is 0.167. The van der Waals surface area contributed by atoms with E-state index < -0.39 is 12.1 Å². The quantitative estimate of drug-likeness (QED) is 0.884. The Balaban J connectivity index is 2.37. The zero-order valence-corrected chi connectivity index (χ0v) is 11.5. The van der Waals surface area contributed by atoms with E-state index >= 15 is 0 Å². The second-order valence-corrected chi connectivity index (χ2v) is 4.44. The van der Waals surface area contributed by atoms with Gasteiger partial charge in [-0.2, -0.15) is 5.10 Å². The SMILES string of the molecule is Cc1cn(N=Cc2c(Cl)cccc2OC(F)(F)F)c(N)n1. The molecule has 9 heteroatoms. The van der Waals surface area contributed by atoms with Crippen molar-refractivity contribution in [3.63, 3.8) is 0 Å². The van der Waals surface area contributed by atoms with Gasteiger partial charge in [-0.05, 0) is 19.1 Å². The van der Waals surface area contributed by atoms with E-state index in [0.29, 0.717) is 5.69 Å². The van der Waals surface area contributed by atoms with E-state index in [-0.39, 0.29) is 16.5 Å². The summed E-state index contributed by atoms with van der Waals surface area (Å²) < 4.78 is 42.1. The van der Waals surface area contributed by atoms with Crippen LogP contribution in [-0.4, -0.2) is 22.2 Å². The molecule has 5 nitrogen and oxygen atoms in total. The number of alkyl halides is 3. The fourth-order valence-corrected chi connectivity index (χ4v) is 1.79. The third kappa shape index (κ3) is 3.88. The molecular formula is C12H10ClF3N4O. The topological polar surface area (TPSA) is 65.4 Å². The third-order valence-corrected chi connectivity index (χ3v) is 2.71. The van der Waals surface area contributed by atoms with Crippen molar-refractivity contribution in [2.75, 3.05) is 5.73 Å². The highest BCUT2D eigenvalue weighted by Crippen LogP contribution is 2.29. The van der Waals surface area contributed by atoms with Gasteiger partial charge in [-0.25, -0.2) is 9.66 Å². The largest absolute Gasteiger partial charge is 0.573 e. The van der Waals surface area contributed by atoms with Gasteiger partial charge in [0.1, 0.15) is 5.75 Å². The first-order chi connectivity index (χ1) is 9.76. The van der Waals surface area contributed by atoms with E-state index in [1.807, 2.05) is 0 Å². The van der Waals surface area contributed by atoms with Crippen LogP contribution in [0.5, 0.6) is 5.75 Å². The number of hydrogen-bond acceptors (Lipinski definition) is 4. The molecule has 0 radical (unpaired) electrons. The van der Waals surface area contributed by atoms with E-state index in [9.17, 15) is 13.2 Å². The summed E-state index contributed by atoms with van der Waals surface area (Å²) >= 11 is 5.87. The van der Waals surface area contributed by atoms with Crippen LogP contribution in [0, 0.1) is 6.92 Å². The highest BCUT2D eigenvalue weighted by molar-refractivity contribution is 6.33. The first kappa shape index (κ1) is 15.2. The lowest BCUT2D eigenvalue weighted by Gasteiger charge is -2.11. The molecule has 1 aromatic heterocycles. The maximum atomic E-state index is 12.3. The average molecular weight is 319 g/mol. The van der Waals surface area contributed by atoms with Crippen LogP contribution in [0.1, 0.15) is 11.3 Å². The lowest BCUT2D eigenvalue weighted by molar-refractivity contribution is -0.274. The minimum atomic E-state index is -4.82. The summed E-state index contributed by atoms with van der Waals surface area (Å²) in [5, 5.41) is 3.99. The molecule has 2 rings (SSSR count). The van der Waals surface area contributed by atoms with Crippen LogP contribution in [-0.2, 0) is 0 Å². The molecule has 0 unspecified atom stereocenters. The molecule has 112 valence electrons. The fourth-order valence-electron chi connectivity index (χ4n) is 1.57. The Morgan fingerprint density at radius 3 is 2.71 bits per heavy atom. The van der Waals surface area contributed by atoms with Crippen molar-refractivity contribution in [2.45, 2.75) is 13.3 Å². The molecule has 21 heavy (non-hydrogen) atoms. The predicted molar refractivity (Wildman–Crippen MR) is 72.5 cm³/mol. The molecule has 0 amide bonds. The highest BCUT2D eigenvalue weighted by Gasteiger charge is 2.32. The standard InChI is InChI=1S/C12H10ClF3N4O/c1-7-6-20(11(17)19-7)18-5-8-9(13)3-2-4-10(8)21-12(14,15)16/h2-6H,1H3,(H2,17,19). The molecule has 0 saturated heterocycles. The number of halogens is 4.